The first-order valence-electron chi connectivity index (χ1n) is 10.1. The predicted molar refractivity (Wildman–Crippen MR) is 110 cm³/mol. The Kier molecular flexibility index (Phi) is 6.93. The number of piperazine rings is 1. The molecule has 27 heavy (non-hydrogen) atoms. The zero-order valence-electron chi connectivity index (χ0n) is 16.0. The van der Waals surface area contributed by atoms with Crippen LogP contribution in [0, 0.1) is 0 Å². The molecular formula is C22H30N2O2S. The second-order valence-electron chi connectivity index (χ2n) is 7.55. The van der Waals surface area contributed by atoms with E-state index in [1.54, 1.807) is 11.3 Å². The number of thiophene rings is 1. The van der Waals surface area contributed by atoms with Gasteiger partial charge in [-0.3, -0.25) is 4.90 Å². The van der Waals surface area contributed by atoms with Crippen molar-refractivity contribution in [2.75, 3.05) is 45.9 Å². The first-order chi connectivity index (χ1) is 13.4. The Morgan fingerprint density at radius 1 is 0.926 bits per heavy atom. The molecule has 2 unspecified atom stereocenters. The summed E-state index contributed by atoms with van der Waals surface area (Å²) in [5.41, 5.74) is 2.80. The van der Waals surface area contributed by atoms with Crippen molar-refractivity contribution in [1.29, 1.82) is 0 Å². The van der Waals surface area contributed by atoms with E-state index in [0.29, 0.717) is 13.2 Å². The summed E-state index contributed by atoms with van der Waals surface area (Å²) in [6.45, 7) is 7.01. The number of rotatable bonds is 7. The van der Waals surface area contributed by atoms with E-state index in [0.717, 1.165) is 32.6 Å². The summed E-state index contributed by atoms with van der Waals surface area (Å²) >= 11 is 1.80. The monoisotopic (exact) mass is 386 g/mol. The maximum absolute atomic E-state index is 6.15. The van der Waals surface area contributed by atoms with E-state index in [4.69, 9.17) is 9.47 Å². The van der Waals surface area contributed by atoms with E-state index in [9.17, 15) is 0 Å². The highest BCUT2D eigenvalue weighted by Gasteiger charge is 2.29. The molecule has 2 saturated heterocycles. The van der Waals surface area contributed by atoms with Crippen LogP contribution in [0.5, 0.6) is 0 Å². The number of ether oxygens (including phenoxy) is 2. The Hall–Kier alpha value is -1.24. The van der Waals surface area contributed by atoms with Crippen molar-refractivity contribution in [2.45, 2.75) is 31.6 Å². The summed E-state index contributed by atoms with van der Waals surface area (Å²) in [4.78, 5) is 5.04. The van der Waals surface area contributed by atoms with Crippen LogP contribution >= 0.6 is 11.3 Å². The highest BCUT2D eigenvalue weighted by Crippen LogP contribution is 2.17. The highest BCUT2D eigenvalue weighted by molar-refractivity contribution is 7.07. The summed E-state index contributed by atoms with van der Waals surface area (Å²) in [6, 6.07) is 12.8. The fraction of sp³-hybridized carbons (Fsp3) is 0.545. The van der Waals surface area contributed by atoms with Crippen molar-refractivity contribution < 1.29 is 9.47 Å². The summed E-state index contributed by atoms with van der Waals surface area (Å²) in [6.07, 6.45) is 3.70. The van der Waals surface area contributed by atoms with Crippen molar-refractivity contribution in [1.82, 2.24) is 9.80 Å². The molecule has 4 nitrogen and oxygen atoms in total. The Labute approximate surface area is 166 Å². The quantitative estimate of drug-likeness (QED) is 0.729. The van der Waals surface area contributed by atoms with E-state index in [1.165, 1.54) is 30.5 Å². The molecule has 0 bridgehead atoms. The van der Waals surface area contributed by atoms with Gasteiger partial charge >= 0.3 is 0 Å². The molecule has 0 amide bonds. The Morgan fingerprint density at radius 3 is 2.48 bits per heavy atom. The van der Waals surface area contributed by atoms with Gasteiger partial charge in [0.25, 0.3) is 0 Å². The van der Waals surface area contributed by atoms with Crippen molar-refractivity contribution in [2.24, 2.45) is 0 Å². The van der Waals surface area contributed by atoms with Crippen LogP contribution in [0.4, 0.5) is 0 Å². The summed E-state index contributed by atoms with van der Waals surface area (Å²) in [5.74, 6) is 0. The molecule has 146 valence electrons. The van der Waals surface area contributed by atoms with Gasteiger partial charge in [-0.05, 0) is 47.3 Å². The van der Waals surface area contributed by atoms with Crippen molar-refractivity contribution >= 4 is 11.3 Å². The topological polar surface area (TPSA) is 24.9 Å². The SMILES string of the molecule is c1ccc(CC2COC(N3CCN(CCCc4ccsc4)CC3)CO2)cc1. The Balaban J connectivity index is 1.13. The number of hydrogen-bond acceptors (Lipinski definition) is 5. The smallest absolute Gasteiger partial charge is 0.134 e. The van der Waals surface area contributed by atoms with Crippen LogP contribution in [-0.2, 0) is 22.3 Å². The van der Waals surface area contributed by atoms with Crippen molar-refractivity contribution in [3.05, 3.63) is 58.3 Å². The normalized spacial score (nSPS) is 24.9. The van der Waals surface area contributed by atoms with Gasteiger partial charge < -0.3 is 14.4 Å². The molecule has 2 aliphatic heterocycles. The average molecular weight is 387 g/mol. The predicted octanol–water partition coefficient (Wildman–Crippen LogP) is 3.28. The fourth-order valence-electron chi connectivity index (χ4n) is 3.96. The Morgan fingerprint density at radius 2 is 1.78 bits per heavy atom. The third-order valence-electron chi connectivity index (χ3n) is 5.59. The van der Waals surface area contributed by atoms with Gasteiger partial charge in [-0.1, -0.05) is 30.3 Å². The molecule has 1 aromatic heterocycles. The van der Waals surface area contributed by atoms with Gasteiger partial charge in [0.1, 0.15) is 6.23 Å². The van der Waals surface area contributed by atoms with Crippen LogP contribution in [0.2, 0.25) is 0 Å². The molecule has 2 fully saturated rings. The van der Waals surface area contributed by atoms with Crippen molar-refractivity contribution in [3.63, 3.8) is 0 Å². The standard InChI is InChI=1S/C22H30N2O2S/c1-2-5-19(6-3-1)15-21-16-26-22(17-25-21)24-12-10-23(11-13-24)9-4-7-20-8-14-27-18-20/h1-3,5-6,8,14,18,21-22H,4,7,9-13,15-17H2. The third-order valence-corrected chi connectivity index (χ3v) is 6.32. The second kappa shape index (κ2) is 9.80. The summed E-state index contributed by atoms with van der Waals surface area (Å²) < 4.78 is 12.3. The Bertz CT molecular complexity index is 648. The maximum atomic E-state index is 6.15. The van der Waals surface area contributed by atoms with Crippen LogP contribution < -0.4 is 0 Å². The van der Waals surface area contributed by atoms with Crippen LogP contribution in [0.1, 0.15) is 17.5 Å². The van der Waals surface area contributed by atoms with E-state index >= 15 is 0 Å². The van der Waals surface area contributed by atoms with Gasteiger partial charge in [0.2, 0.25) is 0 Å². The number of hydrogen-bond donors (Lipinski definition) is 0. The molecule has 4 rings (SSSR count). The minimum Gasteiger partial charge on any atom is -0.371 e. The third kappa shape index (κ3) is 5.62. The first-order valence-corrected chi connectivity index (χ1v) is 11.1. The summed E-state index contributed by atoms with van der Waals surface area (Å²) in [7, 11) is 0. The van der Waals surface area contributed by atoms with Crippen LogP contribution in [-0.4, -0.2) is 68.1 Å². The van der Waals surface area contributed by atoms with Gasteiger partial charge in [0.15, 0.2) is 0 Å². The lowest BCUT2D eigenvalue weighted by Crippen LogP contribution is -2.55. The number of aryl methyl sites for hydroxylation is 1. The minimum atomic E-state index is 0.130. The minimum absolute atomic E-state index is 0.130. The zero-order valence-corrected chi connectivity index (χ0v) is 16.8. The molecule has 2 atom stereocenters. The molecule has 2 aliphatic rings. The van der Waals surface area contributed by atoms with Gasteiger partial charge in [-0.2, -0.15) is 11.3 Å². The van der Waals surface area contributed by atoms with E-state index in [-0.39, 0.29) is 12.3 Å². The maximum Gasteiger partial charge on any atom is 0.134 e. The lowest BCUT2D eigenvalue weighted by Gasteiger charge is -2.41. The second-order valence-corrected chi connectivity index (χ2v) is 8.33. The molecule has 3 heterocycles. The zero-order chi connectivity index (χ0) is 18.3. The molecule has 2 aromatic rings. The molecule has 5 heteroatoms. The molecule has 0 aliphatic carbocycles. The highest BCUT2D eigenvalue weighted by atomic mass is 32.1. The number of nitrogens with zero attached hydrogens (tertiary/aromatic N) is 2. The molecule has 0 N–H and O–H groups in total. The van der Waals surface area contributed by atoms with Crippen LogP contribution in [0.3, 0.4) is 0 Å². The number of benzene rings is 1. The van der Waals surface area contributed by atoms with Crippen LogP contribution in [0.25, 0.3) is 0 Å². The molecule has 0 saturated carbocycles. The van der Waals surface area contributed by atoms with E-state index in [2.05, 4.69) is 57.0 Å². The summed E-state index contributed by atoms with van der Waals surface area (Å²) in [5, 5.41) is 4.44. The lowest BCUT2D eigenvalue weighted by atomic mass is 10.1. The van der Waals surface area contributed by atoms with Gasteiger partial charge in [-0.25, -0.2) is 0 Å². The van der Waals surface area contributed by atoms with Gasteiger partial charge in [-0.15, -0.1) is 0 Å². The lowest BCUT2D eigenvalue weighted by molar-refractivity contribution is -0.189. The largest absolute Gasteiger partial charge is 0.371 e. The fourth-order valence-corrected chi connectivity index (χ4v) is 4.66. The van der Waals surface area contributed by atoms with Gasteiger partial charge in [0, 0.05) is 32.6 Å². The molecular weight excluding hydrogens is 356 g/mol. The van der Waals surface area contributed by atoms with E-state index < -0.39 is 0 Å². The first kappa shape index (κ1) is 19.1. The van der Waals surface area contributed by atoms with E-state index in [1.807, 2.05) is 0 Å². The molecule has 1 aromatic carbocycles. The average Bonchev–Trinajstić information content (AvgIpc) is 3.24. The van der Waals surface area contributed by atoms with Crippen LogP contribution in [0.15, 0.2) is 47.2 Å². The van der Waals surface area contributed by atoms with Gasteiger partial charge in [0.05, 0.1) is 19.3 Å². The molecule has 0 spiro atoms. The van der Waals surface area contributed by atoms with Crippen molar-refractivity contribution in [3.8, 4) is 0 Å². The molecule has 0 radical (unpaired) electrons.